The predicted octanol–water partition coefficient (Wildman–Crippen LogP) is 3.21. The van der Waals surface area contributed by atoms with Crippen LogP contribution >= 0.6 is 0 Å². The highest BCUT2D eigenvalue weighted by atomic mass is 16.4. The van der Waals surface area contributed by atoms with Crippen LogP contribution in [-0.2, 0) is 0 Å². The highest BCUT2D eigenvalue weighted by molar-refractivity contribution is 5.28. The minimum Gasteiger partial charge on any atom is -0.431 e. The van der Waals surface area contributed by atoms with Crippen LogP contribution in [0.25, 0.3) is 0 Å². The summed E-state index contributed by atoms with van der Waals surface area (Å²) >= 11 is 0. The summed E-state index contributed by atoms with van der Waals surface area (Å²) in [6.07, 6.45) is 7.49. The molecule has 0 spiro atoms. The Bertz CT molecular complexity index is 829. The summed E-state index contributed by atoms with van der Waals surface area (Å²) in [5.41, 5.74) is -0.681. The summed E-state index contributed by atoms with van der Waals surface area (Å²) in [4.78, 5) is 11.4. The lowest BCUT2D eigenvalue weighted by Gasteiger charge is -2.65. The third-order valence-electron chi connectivity index (χ3n) is 9.89. The van der Waals surface area contributed by atoms with E-state index in [9.17, 15) is 20.1 Å². The van der Waals surface area contributed by atoms with Gasteiger partial charge in [-0.05, 0) is 92.1 Å². The van der Waals surface area contributed by atoms with Crippen LogP contribution in [0, 0.1) is 28.6 Å². The van der Waals surface area contributed by atoms with Crippen LogP contribution < -0.4 is 5.63 Å². The second kappa shape index (κ2) is 6.41. The van der Waals surface area contributed by atoms with Gasteiger partial charge in [0.15, 0.2) is 0 Å². The Morgan fingerprint density at radius 1 is 1.07 bits per heavy atom. The number of hydrogen-bond donors (Lipinski definition) is 3. The van der Waals surface area contributed by atoms with Crippen molar-refractivity contribution in [3.63, 3.8) is 0 Å². The van der Waals surface area contributed by atoms with Crippen LogP contribution in [0.1, 0.15) is 76.7 Å². The smallest absolute Gasteiger partial charge is 0.335 e. The maximum Gasteiger partial charge on any atom is 0.335 e. The van der Waals surface area contributed by atoms with E-state index in [1.165, 1.54) is 6.07 Å². The van der Waals surface area contributed by atoms with E-state index in [-0.39, 0.29) is 34.9 Å². The Labute approximate surface area is 172 Å². The largest absolute Gasteiger partial charge is 0.431 e. The SMILES string of the molecule is C[C@]12CC[C@H](O)C[C@@H]1CC[C@H]1[C@H]2[C@@H](O)C[C@]2(C)[C@@H](c3ccc(=O)oc3)CC[C@]12O. The Morgan fingerprint density at radius 3 is 2.59 bits per heavy atom. The van der Waals surface area contributed by atoms with Crippen LogP contribution in [0.15, 0.2) is 27.6 Å². The zero-order chi connectivity index (χ0) is 20.6. The number of fused-ring (bicyclic) bond motifs is 5. The Hall–Kier alpha value is -1.17. The van der Waals surface area contributed by atoms with Crippen LogP contribution in [0.5, 0.6) is 0 Å². The van der Waals surface area contributed by atoms with Gasteiger partial charge in [0.25, 0.3) is 0 Å². The summed E-state index contributed by atoms with van der Waals surface area (Å²) in [5, 5.41) is 33.8. The minimum absolute atomic E-state index is 0.0176. The quantitative estimate of drug-likeness (QED) is 0.671. The first-order valence-corrected chi connectivity index (χ1v) is 11.4. The molecule has 1 aromatic heterocycles. The third-order valence-corrected chi connectivity index (χ3v) is 9.89. The molecule has 4 saturated carbocycles. The molecule has 0 bridgehead atoms. The van der Waals surface area contributed by atoms with E-state index < -0.39 is 17.1 Å². The maximum atomic E-state index is 12.2. The summed E-state index contributed by atoms with van der Waals surface area (Å²) in [5.74, 6) is 0.662. The fourth-order valence-corrected chi connectivity index (χ4v) is 8.41. The van der Waals surface area contributed by atoms with Crippen molar-refractivity contribution in [2.24, 2.45) is 28.6 Å². The molecule has 29 heavy (non-hydrogen) atoms. The number of rotatable bonds is 1. The van der Waals surface area contributed by atoms with E-state index in [1.807, 2.05) is 6.07 Å². The first kappa shape index (κ1) is 19.8. The molecule has 0 amide bonds. The lowest BCUT2D eigenvalue weighted by atomic mass is 9.42. The Kier molecular flexibility index (Phi) is 4.37. The molecule has 160 valence electrons. The van der Waals surface area contributed by atoms with E-state index in [2.05, 4.69) is 13.8 Å². The monoisotopic (exact) mass is 402 g/mol. The summed E-state index contributed by atoms with van der Waals surface area (Å²) in [7, 11) is 0. The highest BCUT2D eigenvalue weighted by Gasteiger charge is 2.69. The molecule has 0 aliphatic heterocycles. The molecule has 9 atom stereocenters. The molecule has 0 aromatic carbocycles. The number of aliphatic hydroxyl groups excluding tert-OH is 2. The van der Waals surface area contributed by atoms with Crippen molar-refractivity contribution in [1.82, 2.24) is 0 Å². The molecule has 0 unspecified atom stereocenters. The summed E-state index contributed by atoms with van der Waals surface area (Å²) < 4.78 is 5.14. The van der Waals surface area contributed by atoms with E-state index in [4.69, 9.17) is 4.42 Å². The maximum absolute atomic E-state index is 12.2. The standard InChI is InChI=1S/C24H34O5/c1-22-9-7-16(25)11-15(22)4-5-18-21(22)19(26)12-23(2)17(8-10-24(18,23)28)14-3-6-20(27)29-13-14/h3,6,13,15-19,21,25-26,28H,4-5,7-12H2,1-2H3/t15-,16-,17+,18-,19-,21-,22-,23+,24-/m0/s1. The lowest BCUT2D eigenvalue weighted by molar-refractivity contribution is -0.239. The molecule has 0 radical (unpaired) electrons. The van der Waals surface area contributed by atoms with Gasteiger partial charge < -0.3 is 19.7 Å². The number of aliphatic hydroxyl groups is 3. The van der Waals surface area contributed by atoms with E-state index in [1.54, 1.807) is 6.26 Å². The van der Waals surface area contributed by atoms with Gasteiger partial charge >= 0.3 is 5.63 Å². The van der Waals surface area contributed by atoms with Crippen LogP contribution in [-0.4, -0.2) is 33.1 Å². The van der Waals surface area contributed by atoms with Crippen molar-refractivity contribution in [1.29, 1.82) is 0 Å². The van der Waals surface area contributed by atoms with E-state index in [0.29, 0.717) is 12.3 Å². The van der Waals surface area contributed by atoms with Gasteiger partial charge in [-0.15, -0.1) is 0 Å². The van der Waals surface area contributed by atoms with Crippen molar-refractivity contribution in [3.8, 4) is 0 Å². The fourth-order valence-electron chi connectivity index (χ4n) is 8.41. The molecule has 5 nitrogen and oxygen atoms in total. The van der Waals surface area contributed by atoms with Crippen molar-refractivity contribution < 1.29 is 19.7 Å². The summed E-state index contributed by atoms with van der Waals surface area (Å²) in [6.45, 7) is 4.43. The molecule has 5 heteroatoms. The van der Waals surface area contributed by atoms with Crippen molar-refractivity contribution >= 4 is 0 Å². The molecule has 0 saturated heterocycles. The Balaban J connectivity index is 1.52. The van der Waals surface area contributed by atoms with Crippen molar-refractivity contribution in [3.05, 3.63) is 34.4 Å². The van der Waals surface area contributed by atoms with Gasteiger partial charge in [-0.25, -0.2) is 4.79 Å². The molecular formula is C24H34O5. The highest BCUT2D eigenvalue weighted by Crippen LogP contribution is 2.70. The normalized spacial score (nSPS) is 51.8. The molecule has 3 N–H and O–H groups in total. The second-order valence-electron chi connectivity index (χ2n) is 10.9. The molecule has 4 aliphatic rings. The van der Waals surface area contributed by atoms with Gasteiger partial charge in [-0.2, -0.15) is 0 Å². The van der Waals surface area contributed by atoms with Gasteiger partial charge in [0.1, 0.15) is 0 Å². The van der Waals surface area contributed by atoms with Gasteiger partial charge in [0.05, 0.1) is 24.1 Å². The van der Waals surface area contributed by atoms with Crippen LogP contribution in [0.2, 0.25) is 0 Å². The predicted molar refractivity (Wildman–Crippen MR) is 108 cm³/mol. The van der Waals surface area contributed by atoms with Gasteiger partial charge in [-0.1, -0.05) is 13.8 Å². The van der Waals surface area contributed by atoms with E-state index in [0.717, 1.165) is 50.5 Å². The van der Waals surface area contributed by atoms with Crippen LogP contribution in [0.4, 0.5) is 0 Å². The molecule has 4 fully saturated rings. The molecule has 4 aliphatic carbocycles. The van der Waals surface area contributed by atoms with Crippen LogP contribution in [0.3, 0.4) is 0 Å². The fraction of sp³-hybridized carbons (Fsp3) is 0.792. The van der Waals surface area contributed by atoms with E-state index >= 15 is 0 Å². The third kappa shape index (κ3) is 2.60. The minimum atomic E-state index is -0.818. The number of hydrogen-bond acceptors (Lipinski definition) is 5. The molecule has 1 aromatic rings. The topological polar surface area (TPSA) is 90.9 Å². The first-order chi connectivity index (χ1) is 13.7. The van der Waals surface area contributed by atoms with Crippen molar-refractivity contribution in [2.75, 3.05) is 0 Å². The molecule has 5 rings (SSSR count). The van der Waals surface area contributed by atoms with Gasteiger partial charge in [0, 0.05) is 11.5 Å². The summed E-state index contributed by atoms with van der Waals surface area (Å²) in [6, 6.07) is 3.28. The zero-order valence-electron chi connectivity index (χ0n) is 17.5. The average molecular weight is 403 g/mol. The average Bonchev–Trinajstić information content (AvgIpc) is 2.94. The zero-order valence-corrected chi connectivity index (χ0v) is 17.5. The van der Waals surface area contributed by atoms with Crippen molar-refractivity contribution in [2.45, 2.75) is 88.9 Å². The molecule has 1 heterocycles. The van der Waals surface area contributed by atoms with Gasteiger partial charge in [0.2, 0.25) is 0 Å². The Morgan fingerprint density at radius 2 is 1.86 bits per heavy atom. The second-order valence-corrected chi connectivity index (χ2v) is 10.9. The first-order valence-electron chi connectivity index (χ1n) is 11.4. The molecular weight excluding hydrogens is 368 g/mol. The van der Waals surface area contributed by atoms with Gasteiger partial charge in [-0.3, -0.25) is 0 Å². The lowest BCUT2D eigenvalue weighted by Crippen LogP contribution is -2.66.